The Morgan fingerprint density at radius 2 is 2.00 bits per heavy atom. The molecule has 134 valence electrons. The maximum absolute atomic E-state index is 12.8. The SMILES string of the molecule is C#CCNC(=O)COC(=O)[C@@H]1CCCCN1S(=O)(=O)c1ccccc1. The summed E-state index contributed by atoms with van der Waals surface area (Å²) in [6.45, 7) is -0.217. The Morgan fingerprint density at radius 3 is 2.68 bits per heavy atom. The van der Waals surface area contributed by atoms with Crippen LogP contribution in [0.5, 0.6) is 0 Å². The van der Waals surface area contributed by atoms with Crippen molar-refractivity contribution in [2.75, 3.05) is 19.7 Å². The van der Waals surface area contributed by atoms with Crippen LogP contribution in [-0.4, -0.2) is 50.3 Å². The number of amides is 1. The first-order chi connectivity index (χ1) is 12.0. The smallest absolute Gasteiger partial charge is 0.324 e. The lowest BCUT2D eigenvalue weighted by Crippen LogP contribution is -2.49. The van der Waals surface area contributed by atoms with E-state index in [9.17, 15) is 18.0 Å². The zero-order valence-corrected chi connectivity index (χ0v) is 14.5. The molecule has 0 unspecified atom stereocenters. The van der Waals surface area contributed by atoms with Crippen LogP contribution in [0.2, 0.25) is 0 Å². The molecule has 1 N–H and O–H groups in total. The van der Waals surface area contributed by atoms with Gasteiger partial charge in [-0.1, -0.05) is 24.1 Å². The molecule has 1 aliphatic rings. The number of nitrogens with one attached hydrogen (secondary N) is 1. The molecule has 1 aromatic rings. The molecule has 1 fully saturated rings. The predicted octanol–water partition coefficient (Wildman–Crippen LogP) is 0.522. The number of rotatable bonds is 6. The van der Waals surface area contributed by atoms with Crippen LogP contribution in [0.1, 0.15) is 19.3 Å². The van der Waals surface area contributed by atoms with Gasteiger partial charge in [-0.3, -0.25) is 9.59 Å². The van der Waals surface area contributed by atoms with Gasteiger partial charge in [0, 0.05) is 6.54 Å². The molecule has 0 bridgehead atoms. The number of carbonyl (C=O) groups is 2. The molecular formula is C17H20N2O5S. The van der Waals surface area contributed by atoms with E-state index >= 15 is 0 Å². The second kappa shape index (κ2) is 8.65. The fourth-order valence-electron chi connectivity index (χ4n) is 2.59. The van der Waals surface area contributed by atoms with Crippen LogP contribution in [0.4, 0.5) is 0 Å². The second-order valence-electron chi connectivity index (χ2n) is 5.53. The van der Waals surface area contributed by atoms with E-state index in [1.54, 1.807) is 18.2 Å². The van der Waals surface area contributed by atoms with Gasteiger partial charge in [0.05, 0.1) is 11.4 Å². The highest BCUT2D eigenvalue weighted by Gasteiger charge is 2.38. The van der Waals surface area contributed by atoms with E-state index in [1.807, 2.05) is 0 Å². The number of ether oxygens (including phenoxy) is 1. The first-order valence-corrected chi connectivity index (χ1v) is 9.34. The molecule has 1 atom stereocenters. The van der Waals surface area contributed by atoms with Crippen LogP contribution in [0.15, 0.2) is 35.2 Å². The van der Waals surface area contributed by atoms with Crippen LogP contribution in [0, 0.1) is 12.3 Å². The number of hydrogen-bond donors (Lipinski definition) is 1. The summed E-state index contributed by atoms with van der Waals surface area (Å²) in [5.41, 5.74) is 0. The molecule has 2 rings (SSSR count). The quantitative estimate of drug-likeness (QED) is 0.587. The third kappa shape index (κ3) is 4.81. The van der Waals surface area contributed by atoms with Crippen molar-refractivity contribution < 1.29 is 22.7 Å². The van der Waals surface area contributed by atoms with Crippen molar-refractivity contribution in [3.8, 4) is 12.3 Å². The summed E-state index contributed by atoms with van der Waals surface area (Å²) < 4.78 is 31.7. The molecule has 25 heavy (non-hydrogen) atoms. The van der Waals surface area contributed by atoms with Gasteiger partial charge >= 0.3 is 5.97 Å². The van der Waals surface area contributed by atoms with Crippen LogP contribution >= 0.6 is 0 Å². The Bertz CT molecular complexity index is 755. The first-order valence-electron chi connectivity index (χ1n) is 7.90. The van der Waals surface area contributed by atoms with E-state index in [0.717, 1.165) is 4.31 Å². The van der Waals surface area contributed by atoms with Crippen LogP contribution in [-0.2, 0) is 24.3 Å². The minimum absolute atomic E-state index is 0.0360. The number of terminal acetylenes is 1. The second-order valence-corrected chi connectivity index (χ2v) is 7.42. The molecule has 0 aliphatic carbocycles. The number of piperidine rings is 1. The lowest BCUT2D eigenvalue weighted by Gasteiger charge is -2.32. The maximum atomic E-state index is 12.8. The monoisotopic (exact) mass is 364 g/mol. The van der Waals surface area contributed by atoms with E-state index < -0.39 is 34.5 Å². The van der Waals surface area contributed by atoms with Gasteiger partial charge in [-0.25, -0.2) is 8.42 Å². The van der Waals surface area contributed by atoms with Gasteiger partial charge in [0.2, 0.25) is 10.0 Å². The third-order valence-electron chi connectivity index (χ3n) is 3.81. The molecule has 1 amide bonds. The van der Waals surface area contributed by atoms with Gasteiger partial charge in [0.1, 0.15) is 6.04 Å². The number of carbonyl (C=O) groups excluding carboxylic acids is 2. The number of nitrogens with zero attached hydrogens (tertiary/aromatic N) is 1. The van der Waals surface area contributed by atoms with E-state index in [-0.39, 0.29) is 18.0 Å². The summed E-state index contributed by atoms with van der Waals surface area (Å²) in [6.07, 6.45) is 6.76. The van der Waals surface area contributed by atoms with Crippen LogP contribution in [0.3, 0.4) is 0 Å². The number of sulfonamides is 1. The average molecular weight is 364 g/mol. The van der Waals surface area contributed by atoms with Gasteiger partial charge in [0.25, 0.3) is 5.91 Å². The van der Waals surface area contributed by atoms with Crippen molar-refractivity contribution >= 4 is 21.9 Å². The summed E-state index contributed by atoms with van der Waals surface area (Å²) in [4.78, 5) is 23.9. The summed E-state index contributed by atoms with van der Waals surface area (Å²) in [6, 6.07) is 7.01. The summed E-state index contributed by atoms with van der Waals surface area (Å²) >= 11 is 0. The van der Waals surface area contributed by atoms with Crippen molar-refractivity contribution in [2.24, 2.45) is 0 Å². The maximum Gasteiger partial charge on any atom is 0.324 e. The minimum atomic E-state index is -3.80. The van der Waals surface area contributed by atoms with Gasteiger partial charge in [-0.05, 0) is 31.4 Å². The molecule has 7 nitrogen and oxygen atoms in total. The molecule has 1 saturated heterocycles. The molecule has 0 radical (unpaired) electrons. The van der Waals surface area contributed by atoms with Crippen molar-refractivity contribution in [1.29, 1.82) is 0 Å². The Morgan fingerprint density at radius 1 is 1.28 bits per heavy atom. The van der Waals surface area contributed by atoms with E-state index in [4.69, 9.17) is 11.2 Å². The predicted molar refractivity (Wildman–Crippen MR) is 90.8 cm³/mol. The van der Waals surface area contributed by atoms with E-state index in [0.29, 0.717) is 19.3 Å². The summed E-state index contributed by atoms with van der Waals surface area (Å²) in [5.74, 6) is 0.980. The lowest BCUT2D eigenvalue weighted by molar-refractivity contribution is -0.153. The van der Waals surface area contributed by atoms with E-state index in [1.165, 1.54) is 12.1 Å². The van der Waals surface area contributed by atoms with Gasteiger partial charge in [-0.2, -0.15) is 4.31 Å². The highest BCUT2D eigenvalue weighted by atomic mass is 32.2. The third-order valence-corrected chi connectivity index (χ3v) is 5.73. The molecule has 1 heterocycles. The number of benzene rings is 1. The van der Waals surface area contributed by atoms with Crippen molar-refractivity contribution in [3.63, 3.8) is 0 Å². The topological polar surface area (TPSA) is 92.8 Å². The lowest BCUT2D eigenvalue weighted by atomic mass is 10.1. The van der Waals surface area contributed by atoms with E-state index in [2.05, 4.69) is 11.2 Å². The molecule has 0 aromatic heterocycles. The van der Waals surface area contributed by atoms with Crippen LogP contribution in [0.25, 0.3) is 0 Å². The largest absolute Gasteiger partial charge is 0.454 e. The van der Waals surface area contributed by atoms with Crippen molar-refractivity contribution in [2.45, 2.75) is 30.2 Å². The van der Waals surface area contributed by atoms with Crippen molar-refractivity contribution in [1.82, 2.24) is 9.62 Å². The summed E-state index contributed by atoms with van der Waals surface area (Å²) in [7, 11) is -3.80. The highest BCUT2D eigenvalue weighted by Crippen LogP contribution is 2.26. The standard InChI is InChI=1S/C17H20N2O5S/c1-2-11-18-16(20)13-24-17(21)15-10-6-7-12-19(15)25(22,23)14-8-4-3-5-9-14/h1,3-5,8-9,15H,6-7,10-13H2,(H,18,20)/t15-/m0/s1. The van der Waals surface area contributed by atoms with Crippen LogP contribution < -0.4 is 5.32 Å². The highest BCUT2D eigenvalue weighted by molar-refractivity contribution is 7.89. The zero-order chi connectivity index (χ0) is 18.3. The zero-order valence-electron chi connectivity index (χ0n) is 13.7. The fraction of sp³-hybridized carbons (Fsp3) is 0.412. The molecule has 0 saturated carbocycles. The average Bonchev–Trinajstić information content (AvgIpc) is 2.65. The van der Waals surface area contributed by atoms with Gasteiger partial charge in [0.15, 0.2) is 6.61 Å². The molecular weight excluding hydrogens is 344 g/mol. The summed E-state index contributed by atoms with van der Waals surface area (Å²) in [5, 5.41) is 2.37. The van der Waals surface area contributed by atoms with Gasteiger partial charge < -0.3 is 10.1 Å². The Hall–Kier alpha value is -2.37. The normalized spacial score (nSPS) is 18.1. The minimum Gasteiger partial charge on any atom is -0.454 e. The number of hydrogen-bond acceptors (Lipinski definition) is 5. The Labute approximate surface area is 147 Å². The first kappa shape index (κ1) is 19.0. The fourth-order valence-corrected chi connectivity index (χ4v) is 4.26. The molecule has 1 aromatic carbocycles. The Balaban J connectivity index is 2.09. The number of esters is 1. The Kier molecular flexibility index (Phi) is 6.56. The molecule has 0 spiro atoms. The van der Waals surface area contributed by atoms with Gasteiger partial charge in [-0.15, -0.1) is 6.42 Å². The van der Waals surface area contributed by atoms with Crippen molar-refractivity contribution in [3.05, 3.63) is 30.3 Å². The molecule has 1 aliphatic heterocycles. The molecule has 8 heteroatoms.